The first-order valence-corrected chi connectivity index (χ1v) is 15.2. The third-order valence-corrected chi connectivity index (χ3v) is 14.0. The zero-order chi connectivity index (χ0) is 21.5. The number of rotatable bonds is 10. The van der Waals surface area contributed by atoms with Crippen molar-refractivity contribution in [1.82, 2.24) is 0 Å². The fourth-order valence-corrected chi connectivity index (χ4v) is 12.1. The summed E-state index contributed by atoms with van der Waals surface area (Å²) < 4.78 is 16.6. The Balaban J connectivity index is 1.77. The summed E-state index contributed by atoms with van der Waals surface area (Å²) in [5.41, 5.74) is 2.38. The first kappa shape index (κ1) is 21.6. The molecule has 0 saturated carbocycles. The van der Waals surface area contributed by atoms with Gasteiger partial charge < -0.3 is 0 Å². The average molecular weight is 488 g/mol. The van der Waals surface area contributed by atoms with E-state index in [4.69, 9.17) is 5.63 Å². The molecule has 4 rings (SSSR count). The summed E-state index contributed by atoms with van der Waals surface area (Å²) in [6.45, 7) is 7.74. The van der Waals surface area contributed by atoms with Gasteiger partial charge in [-0.1, -0.05) is 0 Å². The third kappa shape index (κ3) is 5.00. The van der Waals surface area contributed by atoms with Gasteiger partial charge in [0.2, 0.25) is 0 Å². The molecule has 0 amide bonds. The second kappa shape index (κ2) is 10.1. The van der Waals surface area contributed by atoms with Crippen LogP contribution in [0.1, 0.15) is 24.0 Å². The number of hydrogen-bond acceptors (Lipinski definition) is 2. The van der Waals surface area contributed by atoms with E-state index in [0.29, 0.717) is 0 Å². The van der Waals surface area contributed by atoms with Crippen molar-refractivity contribution in [3.8, 4) is 11.5 Å². The van der Waals surface area contributed by atoms with E-state index in [0.717, 1.165) is 37.2 Å². The van der Waals surface area contributed by atoms with Gasteiger partial charge in [0, 0.05) is 0 Å². The van der Waals surface area contributed by atoms with Crippen molar-refractivity contribution in [1.29, 1.82) is 0 Å². The molecule has 2 aromatic rings. The zero-order valence-corrected chi connectivity index (χ0v) is 20.3. The van der Waals surface area contributed by atoms with Crippen molar-refractivity contribution in [2.45, 2.75) is 25.7 Å². The predicted octanol–water partition coefficient (Wildman–Crippen LogP) is 7.27. The van der Waals surface area contributed by atoms with Crippen LogP contribution in [-0.4, -0.2) is 0 Å². The summed E-state index contributed by atoms with van der Waals surface area (Å²) in [5.74, 6) is 1.75. The van der Waals surface area contributed by atoms with E-state index < -0.39 is 21.1 Å². The molecule has 0 heterocycles. The van der Waals surface area contributed by atoms with Gasteiger partial charge in [-0.15, -0.1) is 0 Å². The first-order chi connectivity index (χ1) is 15.2. The van der Waals surface area contributed by atoms with E-state index in [9.17, 15) is 0 Å². The molecule has 0 unspecified atom stereocenters. The maximum atomic E-state index is 6.98. The molecule has 3 heteroatoms. The van der Waals surface area contributed by atoms with Crippen LogP contribution in [0.3, 0.4) is 0 Å². The number of benzene rings is 2. The Kier molecular flexibility index (Phi) is 7.04. The Morgan fingerprint density at radius 3 is 1.61 bits per heavy atom. The zero-order valence-electron chi connectivity index (χ0n) is 17.8. The molecule has 0 atom stereocenters. The molecule has 31 heavy (non-hydrogen) atoms. The predicted molar refractivity (Wildman–Crippen MR) is 126 cm³/mol. The quantitative estimate of drug-likeness (QED) is 0.328. The van der Waals surface area contributed by atoms with E-state index in [2.05, 4.69) is 86.0 Å². The molecular formula is C28H28O2Zr. The van der Waals surface area contributed by atoms with Gasteiger partial charge in [0.1, 0.15) is 0 Å². The van der Waals surface area contributed by atoms with Crippen LogP contribution < -0.4 is 5.63 Å². The number of allylic oxidation sites excluding steroid dienone is 10. The Bertz CT molecular complexity index is 1000. The topological polar surface area (TPSA) is 18.5 Å². The van der Waals surface area contributed by atoms with Crippen molar-refractivity contribution >= 4 is 0 Å². The molecule has 0 N–H and O–H groups in total. The molecule has 2 nitrogen and oxygen atoms in total. The van der Waals surface area contributed by atoms with E-state index in [1.165, 1.54) is 17.7 Å². The number of hydrogen-bond donors (Lipinski definition) is 0. The fraction of sp³-hybridized carbons (Fsp3) is 0.143. The summed E-state index contributed by atoms with van der Waals surface area (Å²) in [4.78, 5) is 0. The average Bonchev–Trinajstić information content (AvgIpc) is 3.49. The molecule has 156 valence electrons. The second-order valence-corrected chi connectivity index (χ2v) is 14.9. The van der Waals surface area contributed by atoms with Crippen LogP contribution in [0.2, 0.25) is 0 Å². The van der Waals surface area contributed by atoms with Crippen molar-refractivity contribution in [3.63, 3.8) is 0 Å². The molecule has 0 bridgehead atoms. The van der Waals surface area contributed by atoms with E-state index >= 15 is 0 Å². The Morgan fingerprint density at radius 2 is 1.23 bits per heavy atom. The minimum absolute atomic E-state index is 0.818. The molecule has 0 saturated heterocycles. The summed E-state index contributed by atoms with van der Waals surface area (Å²) in [5, 5.41) is 0. The van der Waals surface area contributed by atoms with Gasteiger partial charge >= 0.3 is 192 Å². The normalized spacial score (nSPS) is 14.8. The van der Waals surface area contributed by atoms with E-state index in [-0.39, 0.29) is 0 Å². The minimum atomic E-state index is -3.96. The van der Waals surface area contributed by atoms with Crippen LogP contribution >= 0.6 is 0 Å². The molecule has 2 aromatic carbocycles. The van der Waals surface area contributed by atoms with Crippen LogP contribution in [0.25, 0.3) is 0 Å². The molecular weight excluding hydrogens is 460 g/mol. The van der Waals surface area contributed by atoms with Crippen molar-refractivity contribution < 1.29 is 26.8 Å². The van der Waals surface area contributed by atoms with Gasteiger partial charge in [0.05, 0.1) is 0 Å². The summed E-state index contributed by atoms with van der Waals surface area (Å²) in [7, 11) is 0. The van der Waals surface area contributed by atoms with Gasteiger partial charge in [-0.05, 0) is 0 Å². The first-order valence-electron chi connectivity index (χ1n) is 10.7. The van der Waals surface area contributed by atoms with E-state index in [1.807, 2.05) is 24.3 Å². The fourth-order valence-electron chi connectivity index (χ4n) is 4.01. The Hall–Kier alpha value is -2.64. The van der Waals surface area contributed by atoms with Gasteiger partial charge in [0.25, 0.3) is 0 Å². The molecule has 0 spiro atoms. The SMILES string of the molecule is C=CCc1cccc([O][Zr]([O]c2cccc(CC=C)c2)([C]2=CC=CC2)[C]2=CC=CC2)c1. The van der Waals surface area contributed by atoms with Crippen LogP contribution in [0.5, 0.6) is 11.5 Å². The van der Waals surface area contributed by atoms with Crippen molar-refractivity contribution in [3.05, 3.63) is 128 Å². The van der Waals surface area contributed by atoms with Gasteiger partial charge in [0.15, 0.2) is 0 Å². The monoisotopic (exact) mass is 486 g/mol. The molecule has 0 radical (unpaired) electrons. The van der Waals surface area contributed by atoms with Crippen LogP contribution in [0.15, 0.2) is 117 Å². The van der Waals surface area contributed by atoms with E-state index in [1.54, 1.807) is 0 Å². The summed E-state index contributed by atoms with van der Waals surface area (Å²) >= 11 is -3.96. The molecule has 2 aliphatic carbocycles. The molecule has 0 aliphatic heterocycles. The summed E-state index contributed by atoms with van der Waals surface area (Å²) in [6.07, 6.45) is 20.3. The van der Waals surface area contributed by atoms with Crippen LogP contribution in [0.4, 0.5) is 0 Å². The van der Waals surface area contributed by atoms with Crippen LogP contribution in [-0.2, 0) is 34.0 Å². The second-order valence-electron chi connectivity index (χ2n) is 7.75. The van der Waals surface area contributed by atoms with Gasteiger partial charge in [-0.3, -0.25) is 0 Å². The summed E-state index contributed by atoms with van der Waals surface area (Å²) in [6, 6.07) is 16.7. The molecule has 0 fully saturated rings. The van der Waals surface area contributed by atoms with Gasteiger partial charge in [-0.2, -0.15) is 0 Å². The maximum absolute atomic E-state index is 6.98. The third-order valence-electron chi connectivity index (χ3n) is 5.47. The molecule has 0 aromatic heterocycles. The molecule has 2 aliphatic rings. The van der Waals surface area contributed by atoms with Crippen molar-refractivity contribution in [2.24, 2.45) is 0 Å². The van der Waals surface area contributed by atoms with Crippen molar-refractivity contribution in [2.75, 3.05) is 0 Å². The van der Waals surface area contributed by atoms with Crippen LogP contribution in [0, 0.1) is 0 Å². The standard InChI is InChI=1S/2C9H10O.2C5H5.Zr/c2*1-2-4-8-5-3-6-9(10)7-8;2*1-2-4-5-3-1;/h2*2-3,5-7,10H,1,4H2;2*1-3H,4H2;/q;;;;+2/p-2. The Labute approximate surface area is 191 Å². The van der Waals surface area contributed by atoms with Gasteiger partial charge in [-0.25, -0.2) is 0 Å². The Morgan fingerprint density at radius 1 is 0.742 bits per heavy atom.